The molecular formula is C13H12FN3O4. The lowest BCUT2D eigenvalue weighted by Gasteiger charge is -2.14. The number of carboxylic acids is 1. The SMILES string of the molecule is O=C(N[C@@H](Cc1cnc[nH]1)C(=O)O)c1ccc(F)cc1O. The number of carbonyl (C=O) groups is 2. The van der Waals surface area contributed by atoms with Gasteiger partial charge in [0.1, 0.15) is 17.6 Å². The van der Waals surface area contributed by atoms with Gasteiger partial charge in [-0.2, -0.15) is 0 Å². The maximum atomic E-state index is 12.9. The Kier molecular flexibility index (Phi) is 4.17. The second-order valence-electron chi connectivity index (χ2n) is 4.31. The fourth-order valence-corrected chi connectivity index (χ4v) is 1.75. The average molecular weight is 293 g/mol. The number of benzene rings is 1. The molecule has 8 heteroatoms. The maximum absolute atomic E-state index is 12.9. The number of halogens is 1. The van der Waals surface area contributed by atoms with Crippen LogP contribution in [0.25, 0.3) is 0 Å². The number of aromatic amines is 1. The van der Waals surface area contributed by atoms with Gasteiger partial charge in [0.15, 0.2) is 0 Å². The van der Waals surface area contributed by atoms with Crippen molar-refractivity contribution in [3.05, 3.63) is 47.8 Å². The molecule has 110 valence electrons. The van der Waals surface area contributed by atoms with E-state index in [1.165, 1.54) is 12.5 Å². The number of phenols is 1. The minimum Gasteiger partial charge on any atom is -0.507 e. The van der Waals surface area contributed by atoms with Gasteiger partial charge in [-0.05, 0) is 12.1 Å². The lowest BCUT2D eigenvalue weighted by molar-refractivity contribution is -0.139. The van der Waals surface area contributed by atoms with Gasteiger partial charge >= 0.3 is 5.97 Å². The lowest BCUT2D eigenvalue weighted by atomic mass is 10.1. The topological polar surface area (TPSA) is 115 Å². The first-order valence-corrected chi connectivity index (χ1v) is 5.97. The molecule has 0 saturated carbocycles. The minimum atomic E-state index is -1.24. The number of imidazole rings is 1. The van der Waals surface area contributed by atoms with Crippen LogP contribution in [0.3, 0.4) is 0 Å². The van der Waals surface area contributed by atoms with E-state index in [4.69, 9.17) is 5.11 Å². The fourth-order valence-electron chi connectivity index (χ4n) is 1.75. The number of phenolic OH excluding ortho intramolecular Hbond substituents is 1. The summed E-state index contributed by atoms with van der Waals surface area (Å²) < 4.78 is 12.9. The number of aliphatic carboxylic acids is 1. The molecule has 1 heterocycles. The number of aromatic hydroxyl groups is 1. The number of nitrogens with zero attached hydrogens (tertiary/aromatic N) is 1. The van der Waals surface area contributed by atoms with Crippen molar-refractivity contribution < 1.29 is 24.2 Å². The second kappa shape index (κ2) is 6.04. The van der Waals surface area contributed by atoms with E-state index in [-0.39, 0.29) is 12.0 Å². The van der Waals surface area contributed by atoms with Crippen molar-refractivity contribution in [2.45, 2.75) is 12.5 Å². The highest BCUT2D eigenvalue weighted by Gasteiger charge is 2.23. The molecular weight excluding hydrogens is 281 g/mol. The van der Waals surface area contributed by atoms with Gasteiger partial charge in [-0.15, -0.1) is 0 Å². The highest BCUT2D eigenvalue weighted by atomic mass is 19.1. The van der Waals surface area contributed by atoms with Gasteiger partial charge in [0.25, 0.3) is 5.91 Å². The van der Waals surface area contributed by atoms with Crippen molar-refractivity contribution in [1.82, 2.24) is 15.3 Å². The Labute approximate surface area is 118 Å². The summed E-state index contributed by atoms with van der Waals surface area (Å²) >= 11 is 0. The van der Waals surface area contributed by atoms with Crippen molar-refractivity contribution in [1.29, 1.82) is 0 Å². The Morgan fingerprint density at radius 2 is 2.19 bits per heavy atom. The van der Waals surface area contributed by atoms with Crippen LogP contribution in [0.2, 0.25) is 0 Å². The Morgan fingerprint density at radius 1 is 1.43 bits per heavy atom. The van der Waals surface area contributed by atoms with Gasteiger partial charge in [0, 0.05) is 24.4 Å². The van der Waals surface area contributed by atoms with Gasteiger partial charge < -0.3 is 20.5 Å². The van der Waals surface area contributed by atoms with E-state index >= 15 is 0 Å². The summed E-state index contributed by atoms with van der Waals surface area (Å²) in [6, 6.07) is 1.65. The third kappa shape index (κ3) is 3.56. The van der Waals surface area contributed by atoms with Crippen molar-refractivity contribution >= 4 is 11.9 Å². The fraction of sp³-hybridized carbons (Fsp3) is 0.154. The molecule has 0 radical (unpaired) electrons. The van der Waals surface area contributed by atoms with Crippen LogP contribution in [0.4, 0.5) is 4.39 Å². The molecule has 4 N–H and O–H groups in total. The first-order valence-electron chi connectivity index (χ1n) is 5.97. The molecule has 1 aromatic carbocycles. The number of amides is 1. The quantitative estimate of drug-likeness (QED) is 0.647. The van der Waals surface area contributed by atoms with E-state index in [0.29, 0.717) is 5.69 Å². The maximum Gasteiger partial charge on any atom is 0.326 e. The van der Waals surface area contributed by atoms with E-state index in [2.05, 4.69) is 15.3 Å². The van der Waals surface area contributed by atoms with E-state index in [1.54, 1.807) is 0 Å². The third-order valence-electron chi connectivity index (χ3n) is 2.79. The molecule has 0 bridgehead atoms. The van der Waals surface area contributed by atoms with Crippen LogP contribution in [-0.4, -0.2) is 38.1 Å². The first-order chi connectivity index (χ1) is 9.97. The highest BCUT2D eigenvalue weighted by molar-refractivity contribution is 5.98. The summed E-state index contributed by atoms with van der Waals surface area (Å²) in [5.41, 5.74) is 0.332. The molecule has 0 aliphatic heterocycles. The first kappa shape index (κ1) is 14.5. The smallest absolute Gasteiger partial charge is 0.326 e. The predicted octanol–water partition coefficient (Wildman–Crippen LogP) is 0.680. The molecule has 0 aliphatic rings. The Hall–Kier alpha value is -2.90. The Bertz CT molecular complexity index is 657. The zero-order valence-electron chi connectivity index (χ0n) is 10.7. The van der Waals surface area contributed by atoms with Gasteiger partial charge in [-0.3, -0.25) is 4.79 Å². The van der Waals surface area contributed by atoms with Crippen molar-refractivity contribution in [2.75, 3.05) is 0 Å². The van der Waals surface area contributed by atoms with Crippen LogP contribution in [0.5, 0.6) is 5.75 Å². The van der Waals surface area contributed by atoms with E-state index in [9.17, 15) is 19.1 Å². The highest BCUT2D eigenvalue weighted by Crippen LogP contribution is 2.18. The monoisotopic (exact) mass is 293 g/mol. The number of hydrogen-bond acceptors (Lipinski definition) is 4. The molecule has 0 spiro atoms. The number of carbonyl (C=O) groups excluding carboxylic acids is 1. The number of hydrogen-bond donors (Lipinski definition) is 4. The van der Waals surface area contributed by atoms with E-state index < -0.39 is 29.5 Å². The Balaban J connectivity index is 2.12. The van der Waals surface area contributed by atoms with Crippen LogP contribution in [0, 0.1) is 5.82 Å². The summed E-state index contributed by atoms with van der Waals surface area (Å²) in [6.45, 7) is 0. The number of carboxylic acid groups (broad SMARTS) is 1. The zero-order valence-corrected chi connectivity index (χ0v) is 10.7. The van der Waals surface area contributed by atoms with Gasteiger partial charge in [-0.1, -0.05) is 0 Å². The zero-order chi connectivity index (χ0) is 15.4. The predicted molar refractivity (Wildman–Crippen MR) is 69.2 cm³/mol. The molecule has 2 aromatic rings. The normalized spacial score (nSPS) is 11.9. The molecule has 2 rings (SSSR count). The molecule has 21 heavy (non-hydrogen) atoms. The standard InChI is InChI=1S/C13H12FN3O4/c14-7-1-2-9(11(18)3-7)12(19)17-10(13(20)21)4-8-5-15-6-16-8/h1-3,5-6,10,18H,4H2,(H,15,16)(H,17,19)(H,20,21)/t10-/m0/s1. The van der Waals surface area contributed by atoms with Crippen LogP contribution >= 0.6 is 0 Å². The number of rotatable bonds is 5. The molecule has 0 unspecified atom stereocenters. The molecule has 1 amide bonds. The summed E-state index contributed by atoms with van der Waals surface area (Å²) in [6.07, 6.45) is 2.84. The number of aromatic nitrogens is 2. The van der Waals surface area contributed by atoms with Crippen LogP contribution < -0.4 is 5.32 Å². The van der Waals surface area contributed by atoms with Gasteiger partial charge in [0.05, 0.1) is 11.9 Å². The Morgan fingerprint density at radius 3 is 2.76 bits per heavy atom. The molecule has 7 nitrogen and oxygen atoms in total. The summed E-state index contributed by atoms with van der Waals surface area (Å²) in [7, 11) is 0. The average Bonchev–Trinajstić information content (AvgIpc) is 2.90. The molecule has 0 fully saturated rings. The van der Waals surface area contributed by atoms with E-state index in [1.807, 2.05) is 0 Å². The molecule has 1 atom stereocenters. The number of H-pyrrole nitrogens is 1. The van der Waals surface area contributed by atoms with Crippen LogP contribution in [-0.2, 0) is 11.2 Å². The largest absolute Gasteiger partial charge is 0.507 e. The number of nitrogens with one attached hydrogen (secondary N) is 2. The minimum absolute atomic E-state index is 0.00301. The van der Waals surface area contributed by atoms with Crippen molar-refractivity contribution in [3.8, 4) is 5.75 Å². The van der Waals surface area contributed by atoms with Crippen LogP contribution in [0.15, 0.2) is 30.7 Å². The summed E-state index contributed by atoms with van der Waals surface area (Å²) in [5.74, 6) is -3.30. The van der Waals surface area contributed by atoms with Crippen molar-refractivity contribution in [2.24, 2.45) is 0 Å². The lowest BCUT2D eigenvalue weighted by Crippen LogP contribution is -2.42. The molecule has 1 aromatic heterocycles. The molecule has 0 aliphatic carbocycles. The van der Waals surface area contributed by atoms with Crippen LogP contribution in [0.1, 0.15) is 16.1 Å². The summed E-state index contributed by atoms with van der Waals surface area (Å²) in [4.78, 5) is 29.6. The summed E-state index contributed by atoms with van der Waals surface area (Å²) in [5, 5.41) is 20.9. The molecule has 0 saturated heterocycles. The second-order valence-corrected chi connectivity index (χ2v) is 4.31. The van der Waals surface area contributed by atoms with Gasteiger partial charge in [-0.25, -0.2) is 14.2 Å². The van der Waals surface area contributed by atoms with E-state index in [0.717, 1.165) is 18.2 Å². The van der Waals surface area contributed by atoms with Gasteiger partial charge in [0.2, 0.25) is 0 Å². The third-order valence-corrected chi connectivity index (χ3v) is 2.79. The van der Waals surface area contributed by atoms with Crippen molar-refractivity contribution in [3.63, 3.8) is 0 Å².